The van der Waals surface area contributed by atoms with Crippen molar-refractivity contribution in [3.05, 3.63) is 47.6 Å². The van der Waals surface area contributed by atoms with Crippen molar-refractivity contribution in [2.24, 2.45) is 0 Å². The van der Waals surface area contributed by atoms with E-state index in [-0.39, 0.29) is 4.90 Å². The third-order valence-corrected chi connectivity index (χ3v) is 4.75. The van der Waals surface area contributed by atoms with E-state index >= 15 is 0 Å². The van der Waals surface area contributed by atoms with Gasteiger partial charge in [0, 0.05) is 25.9 Å². The van der Waals surface area contributed by atoms with Crippen molar-refractivity contribution in [2.45, 2.75) is 4.90 Å². The highest BCUT2D eigenvalue weighted by Gasteiger charge is 2.21. The van der Waals surface area contributed by atoms with E-state index in [4.69, 9.17) is 11.6 Å². The molecule has 0 atom stereocenters. The Kier molecular flexibility index (Phi) is 3.89. The van der Waals surface area contributed by atoms with Gasteiger partial charge in [0.05, 0.1) is 15.6 Å². The zero-order chi connectivity index (χ0) is 14.0. The van der Waals surface area contributed by atoms with E-state index in [0.29, 0.717) is 16.3 Å². The van der Waals surface area contributed by atoms with Crippen LogP contribution in [0.3, 0.4) is 0 Å². The zero-order valence-corrected chi connectivity index (χ0v) is 12.1. The molecule has 0 unspecified atom stereocenters. The molecule has 1 aromatic carbocycles. The van der Waals surface area contributed by atoms with Gasteiger partial charge in [0.15, 0.2) is 0 Å². The number of hydrogen-bond donors (Lipinski definition) is 0. The van der Waals surface area contributed by atoms with Gasteiger partial charge in [-0.1, -0.05) is 29.8 Å². The first-order valence-corrected chi connectivity index (χ1v) is 7.38. The molecule has 0 aliphatic rings. The summed E-state index contributed by atoms with van der Waals surface area (Å²) in [4.78, 5) is 4.40. The monoisotopic (exact) mass is 296 g/mol. The van der Waals surface area contributed by atoms with Crippen molar-refractivity contribution >= 4 is 21.6 Å². The first-order chi connectivity index (χ1) is 8.93. The Bertz CT molecular complexity index is 682. The molecule has 0 fully saturated rings. The molecule has 0 amide bonds. The van der Waals surface area contributed by atoms with Crippen LogP contribution in [0.15, 0.2) is 47.5 Å². The summed E-state index contributed by atoms with van der Waals surface area (Å²) in [7, 11) is -0.503. The summed E-state index contributed by atoms with van der Waals surface area (Å²) in [6.45, 7) is 0. The van der Waals surface area contributed by atoms with Crippen LogP contribution < -0.4 is 0 Å². The van der Waals surface area contributed by atoms with Crippen molar-refractivity contribution in [3.8, 4) is 11.3 Å². The third-order valence-electron chi connectivity index (χ3n) is 2.65. The molecule has 0 saturated heterocycles. The molecule has 0 N–H and O–H groups in total. The fraction of sp³-hybridized carbons (Fsp3) is 0.154. The largest absolute Gasteiger partial charge is 0.255 e. The lowest BCUT2D eigenvalue weighted by Gasteiger charge is -2.14. The van der Waals surface area contributed by atoms with E-state index in [2.05, 4.69) is 4.98 Å². The number of aromatic nitrogens is 1. The van der Waals surface area contributed by atoms with Crippen LogP contribution in [0.25, 0.3) is 11.3 Å². The number of hydrogen-bond acceptors (Lipinski definition) is 3. The van der Waals surface area contributed by atoms with Crippen LogP contribution >= 0.6 is 11.6 Å². The lowest BCUT2D eigenvalue weighted by atomic mass is 10.1. The maximum absolute atomic E-state index is 12.3. The number of halogens is 1. The number of pyridine rings is 1. The third kappa shape index (κ3) is 2.78. The second-order valence-corrected chi connectivity index (χ2v) is 6.70. The molecule has 4 nitrogen and oxygen atoms in total. The molecule has 2 rings (SSSR count). The summed E-state index contributed by atoms with van der Waals surface area (Å²) >= 11 is 5.79. The molecule has 19 heavy (non-hydrogen) atoms. The molecular formula is C13H13ClN2O2S. The quantitative estimate of drug-likeness (QED) is 0.875. The normalized spacial score (nSPS) is 11.8. The summed E-state index contributed by atoms with van der Waals surface area (Å²) in [5.74, 6) is 0. The van der Waals surface area contributed by atoms with Crippen molar-refractivity contribution in [1.82, 2.24) is 9.29 Å². The molecule has 0 aliphatic heterocycles. The number of rotatable bonds is 3. The van der Waals surface area contributed by atoms with E-state index < -0.39 is 10.0 Å². The first kappa shape index (κ1) is 14.0. The van der Waals surface area contributed by atoms with Gasteiger partial charge in [0.2, 0.25) is 10.0 Å². The Labute approximate surface area is 117 Å². The first-order valence-electron chi connectivity index (χ1n) is 5.56. The minimum atomic E-state index is -3.51. The predicted molar refractivity (Wildman–Crippen MR) is 75.6 cm³/mol. The van der Waals surface area contributed by atoms with E-state index in [1.165, 1.54) is 24.6 Å². The molecule has 1 aromatic heterocycles. The fourth-order valence-corrected chi connectivity index (χ4v) is 2.84. The van der Waals surface area contributed by atoms with Crippen LogP contribution in [-0.2, 0) is 10.0 Å². The summed E-state index contributed by atoms with van der Waals surface area (Å²) in [5, 5.41) is 0.511. The van der Waals surface area contributed by atoms with Crippen molar-refractivity contribution in [3.63, 3.8) is 0 Å². The molecule has 0 saturated carbocycles. The average molecular weight is 297 g/mol. The van der Waals surface area contributed by atoms with Crippen LogP contribution in [0.5, 0.6) is 0 Å². The van der Waals surface area contributed by atoms with Gasteiger partial charge in [-0.25, -0.2) is 12.7 Å². The van der Waals surface area contributed by atoms with E-state index in [1.54, 1.807) is 36.4 Å². The van der Waals surface area contributed by atoms with Crippen molar-refractivity contribution in [2.75, 3.05) is 14.1 Å². The van der Waals surface area contributed by atoms with Gasteiger partial charge in [-0.3, -0.25) is 4.98 Å². The van der Waals surface area contributed by atoms with Crippen LogP contribution in [0.1, 0.15) is 0 Å². The lowest BCUT2D eigenvalue weighted by Crippen LogP contribution is -2.22. The van der Waals surface area contributed by atoms with Crippen LogP contribution in [0, 0.1) is 0 Å². The maximum Gasteiger partial charge on any atom is 0.243 e. The molecule has 0 bridgehead atoms. The Morgan fingerprint density at radius 2 is 1.79 bits per heavy atom. The van der Waals surface area contributed by atoms with E-state index in [1.807, 2.05) is 0 Å². The van der Waals surface area contributed by atoms with Crippen molar-refractivity contribution < 1.29 is 8.42 Å². The standard InChI is InChI=1S/C13H13ClN2O2S/c1-16(2)19(17,18)13-6-4-3-5-11(13)12-8-7-10(14)9-15-12/h3-9H,1-2H3. The fourth-order valence-electron chi connectivity index (χ4n) is 1.64. The molecular weight excluding hydrogens is 284 g/mol. The Morgan fingerprint density at radius 1 is 1.11 bits per heavy atom. The van der Waals surface area contributed by atoms with Crippen LogP contribution in [-0.4, -0.2) is 31.8 Å². The Balaban J connectivity index is 2.63. The lowest BCUT2D eigenvalue weighted by molar-refractivity contribution is 0.521. The van der Waals surface area contributed by atoms with E-state index in [0.717, 1.165) is 0 Å². The number of benzene rings is 1. The van der Waals surface area contributed by atoms with Crippen LogP contribution in [0.4, 0.5) is 0 Å². The highest BCUT2D eigenvalue weighted by Crippen LogP contribution is 2.27. The minimum Gasteiger partial charge on any atom is -0.255 e. The van der Waals surface area contributed by atoms with Gasteiger partial charge in [-0.15, -0.1) is 0 Å². The minimum absolute atomic E-state index is 0.231. The predicted octanol–water partition coefficient (Wildman–Crippen LogP) is 2.65. The van der Waals surface area contributed by atoms with Crippen molar-refractivity contribution in [1.29, 1.82) is 0 Å². The smallest absolute Gasteiger partial charge is 0.243 e. The second-order valence-electron chi connectivity index (χ2n) is 4.15. The highest BCUT2D eigenvalue weighted by molar-refractivity contribution is 7.89. The summed E-state index contributed by atoms with van der Waals surface area (Å²) in [6.07, 6.45) is 1.50. The molecule has 2 aromatic rings. The zero-order valence-electron chi connectivity index (χ0n) is 10.5. The molecule has 0 aliphatic carbocycles. The Morgan fingerprint density at radius 3 is 2.37 bits per heavy atom. The van der Waals surface area contributed by atoms with Gasteiger partial charge in [-0.05, 0) is 18.2 Å². The number of nitrogens with zero attached hydrogens (tertiary/aromatic N) is 2. The average Bonchev–Trinajstić information content (AvgIpc) is 2.39. The van der Waals surface area contributed by atoms with Gasteiger partial charge in [0.1, 0.15) is 0 Å². The SMILES string of the molecule is CN(C)S(=O)(=O)c1ccccc1-c1ccc(Cl)cn1. The molecule has 6 heteroatoms. The van der Waals surface area contributed by atoms with Gasteiger partial charge in [0.25, 0.3) is 0 Å². The highest BCUT2D eigenvalue weighted by atomic mass is 35.5. The van der Waals surface area contributed by atoms with Gasteiger partial charge >= 0.3 is 0 Å². The van der Waals surface area contributed by atoms with Crippen LogP contribution in [0.2, 0.25) is 5.02 Å². The second kappa shape index (κ2) is 5.28. The van der Waals surface area contributed by atoms with Gasteiger partial charge in [-0.2, -0.15) is 0 Å². The summed E-state index contributed by atoms with van der Waals surface area (Å²) < 4.78 is 25.7. The molecule has 100 valence electrons. The Hall–Kier alpha value is -1.43. The summed E-state index contributed by atoms with van der Waals surface area (Å²) in [6, 6.07) is 10.2. The molecule has 0 radical (unpaired) electrons. The van der Waals surface area contributed by atoms with E-state index in [9.17, 15) is 8.42 Å². The molecule has 0 spiro atoms. The molecule has 1 heterocycles. The maximum atomic E-state index is 12.3. The topological polar surface area (TPSA) is 50.3 Å². The summed E-state index contributed by atoms with van der Waals surface area (Å²) in [5.41, 5.74) is 1.14. The number of sulfonamides is 1. The van der Waals surface area contributed by atoms with Gasteiger partial charge < -0.3 is 0 Å².